The zero-order valence-corrected chi connectivity index (χ0v) is 18.4. The number of hydrogen-bond acceptors (Lipinski definition) is 6. The number of hydrogen-bond donors (Lipinski definition) is 1. The predicted molar refractivity (Wildman–Crippen MR) is 115 cm³/mol. The molecular formula is C24H28N2O5. The molecule has 2 unspecified atom stereocenters. The lowest BCUT2D eigenvalue weighted by molar-refractivity contribution is -0.141. The summed E-state index contributed by atoms with van der Waals surface area (Å²) in [4.78, 5) is 42.4. The van der Waals surface area contributed by atoms with Crippen LogP contribution in [0, 0.1) is 11.8 Å². The van der Waals surface area contributed by atoms with E-state index in [0.29, 0.717) is 30.0 Å². The molecule has 0 bridgehead atoms. The van der Waals surface area contributed by atoms with Gasteiger partial charge in [-0.25, -0.2) is 4.79 Å². The highest BCUT2D eigenvalue weighted by Gasteiger charge is 2.64. The maximum atomic E-state index is 14.2. The molecule has 2 atom stereocenters. The first-order valence-corrected chi connectivity index (χ1v) is 10.8. The molecule has 0 saturated heterocycles. The summed E-state index contributed by atoms with van der Waals surface area (Å²) in [7, 11) is 0. The van der Waals surface area contributed by atoms with Crippen molar-refractivity contribution in [3.05, 3.63) is 52.6 Å². The van der Waals surface area contributed by atoms with Crippen LogP contribution in [0.1, 0.15) is 46.1 Å². The van der Waals surface area contributed by atoms with Crippen molar-refractivity contribution in [3.63, 3.8) is 0 Å². The van der Waals surface area contributed by atoms with Gasteiger partial charge in [0.05, 0.1) is 12.2 Å². The second-order valence-corrected chi connectivity index (χ2v) is 8.87. The predicted octanol–water partition coefficient (Wildman–Crippen LogP) is 2.94. The molecule has 1 amide bonds. The first-order valence-electron chi connectivity index (χ1n) is 10.8. The number of nitrogens with zero attached hydrogens (tertiary/aromatic N) is 1. The number of fused-ring (bicyclic) bond motifs is 3. The molecule has 1 spiro atoms. The zero-order chi connectivity index (χ0) is 22.5. The van der Waals surface area contributed by atoms with Gasteiger partial charge in [-0.2, -0.15) is 0 Å². The van der Waals surface area contributed by atoms with Crippen LogP contribution in [0.5, 0.6) is 0 Å². The van der Waals surface area contributed by atoms with Gasteiger partial charge in [-0.3, -0.25) is 9.59 Å². The summed E-state index contributed by atoms with van der Waals surface area (Å²) in [6.07, 6.45) is 0.749. The molecule has 0 saturated carbocycles. The van der Waals surface area contributed by atoms with Gasteiger partial charge < -0.3 is 20.1 Å². The Bertz CT molecular complexity index is 1040. The minimum Gasteiger partial charge on any atom is -0.462 e. The molecule has 2 aliphatic heterocycles. The minimum absolute atomic E-state index is 0.0544. The van der Waals surface area contributed by atoms with Gasteiger partial charge >= 0.3 is 5.97 Å². The molecular weight excluding hydrogens is 396 g/mol. The van der Waals surface area contributed by atoms with Crippen molar-refractivity contribution in [2.75, 3.05) is 18.1 Å². The number of carbonyl (C=O) groups excluding carboxylic acids is 3. The van der Waals surface area contributed by atoms with Crippen LogP contribution in [-0.4, -0.2) is 30.8 Å². The number of rotatable bonds is 4. The summed E-state index contributed by atoms with van der Waals surface area (Å²) in [5.41, 5.74) is 6.00. The Kier molecular flexibility index (Phi) is 5.15. The molecule has 1 aromatic carbocycles. The number of ether oxygens (including phenoxy) is 2. The average Bonchev–Trinajstić information content (AvgIpc) is 2.91. The molecule has 3 aliphatic rings. The summed E-state index contributed by atoms with van der Waals surface area (Å²) in [5, 5.41) is 0. The van der Waals surface area contributed by atoms with Gasteiger partial charge in [-0.05, 0) is 24.8 Å². The molecule has 2 N–H and O–H groups in total. The third kappa shape index (κ3) is 2.98. The van der Waals surface area contributed by atoms with E-state index in [2.05, 4.69) is 0 Å². The minimum atomic E-state index is -1.65. The van der Waals surface area contributed by atoms with E-state index in [1.165, 1.54) is 0 Å². The molecule has 7 heteroatoms. The Balaban J connectivity index is 2.06. The van der Waals surface area contributed by atoms with E-state index in [0.717, 1.165) is 0 Å². The summed E-state index contributed by atoms with van der Waals surface area (Å²) >= 11 is 0. The second-order valence-electron chi connectivity index (χ2n) is 8.87. The number of para-hydroxylation sites is 1. The van der Waals surface area contributed by atoms with Crippen molar-refractivity contribution >= 4 is 23.3 Å². The van der Waals surface area contributed by atoms with E-state index < -0.39 is 11.4 Å². The topological polar surface area (TPSA) is 98.9 Å². The molecule has 1 aliphatic carbocycles. The van der Waals surface area contributed by atoms with Crippen LogP contribution in [0.2, 0.25) is 0 Å². The van der Waals surface area contributed by atoms with Gasteiger partial charge in [0.1, 0.15) is 16.7 Å². The summed E-state index contributed by atoms with van der Waals surface area (Å²) in [6.45, 7) is 8.21. The van der Waals surface area contributed by atoms with Crippen molar-refractivity contribution < 1.29 is 23.9 Å². The maximum Gasteiger partial charge on any atom is 0.341 e. The first kappa shape index (κ1) is 21.2. The van der Waals surface area contributed by atoms with E-state index in [9.17, 15) is 14.4 Å². The molecule has 164 valence electrons. The Morgan fingerprint density at radius 1 is 1.29 bits per heavy atom. The largest absolute Gasteiger partial charge is 0.462 e. The van der Waals surface area contributed by atoms with Crippen molar-refractivity contribution in [2.24, 2.45) is 17.6 Å². The zero-order valence-electron chi connectivity index (χ0n) is 18.4. The Hall–Kier alpha value is -3.09. The fraction of sp³-hybridized carbons (Fsp3) is 0.458. The Labute approximate surface area is 181 Å². The van der Waals surface area contributed by atoms with Gasteiger partial charge in [-0.1, -0.05) is 39.0 Å². The number of benzene rings is 1. The molecule has 7 nitrogen and oxygen atoms in total. The molecule has 0 fully saturated rings. The molecule has 0 aromatic heterocycles. The van der Waals surface area contributed by atoms with Gasteiger partial charge in [0.2, 0.25) is 11.8 Å². The SMILES string of the molecule is CCOC(=O)C1=C(N)OC2=C(C(=O)CC(C)C2)C12C(=O)N(CC(C)C)c1ccccc12. The fourth-order valence-corrected chi connectivity index (χ4v) is 5.01. The Morgan fingerprint density at radius 3 is 2.68 bits per heavy atom. The number of nitrogens with two attached hydrogens (primary N) is 1. The van der Waals surface area contributed by atoms with Crippen LogP contribution in [0.4, 0.5) is 5.69 Å². The van der Waals surface area contributed by atoms with Crippen molar-refractivity contribution in [1.82, 2.24) is 0 Å². The second kappa shape index (κ2) is 7.55. The smallest absolute Gasteiger partial charge is 0.341 e. The lowest BCUT2D eigenvalue weighted by Crippen LogP contribution is -2.52. The normalized spacial score (nSPS) is 25.2. The number of amides is 1. The van der Waals surface area contributed by atoms with Gasteiger partial charge in [-0.15, -0.1) is 0 Å². The third-order valence-corrected chi connectivity index (χ3v) is 6.05. The third-order valence-electron chi connectivity index (χ3n) is 6.05. The highest BCUT2D eigenvalue weighted by Crippen LogP contribution is 2.56. The van der Waals surface area contributed by atoms with Gasteiger partial charge in [0, 0.05) is 30.6 Å². The van der Waals surface area contributed by atoms with Crippen LogP contribution < -0.4 is 10.6 Å². The van der Waals surface area contributed by atoms with Crippen molar-refractivity contribution in [2.45, 2.75) is 46.0 Å². The fourth-order valence-electron chi connectivity index (χ4n) is 5.01. The van der Waals surface area contributed by atoms with Crippen LogP contribution in [0.25, 0.3) is 0 Å². The number of allylic oxidation sites excluding steroid dienone is 1. The van der Waals surface area contributed by atoms with Gasteiger partial charge in [0.15, 0.2) is 5.78 Å². The highest BCUT2D eigenvalue weighted by molar-refractivity contribution is 6.23. The number of Topliss-reactive ketones (excluding diaryl/α,β-unsaturated/α-hetero) is 1. The van der Waals surface area contributed by atoms with E-state index in [1.54, 1.807) is 24.0 Å². The Morgan fingerprint density at radius 2 is 2.00 bits per heavy atom. The van der Waals surface area contributed by atoms with E-state index in [1.807, 2.05) is 32.9 Å². The number of carbonyl (C=O) groups is 3. The monoisotopic (exact) mass is 424 g/mol. The quantitative estimate of drug-likeness (QED) is 0.746. The number of anilines is 1. The first-order chi connectivity index (χ1) is 14.7. The van der Waals surface area contributed by atoms with Crippen LogP contribution in [0.15, 0.2) is 47.1 Å². The van der Waals surface area contributed by atoms with E-state index in [-0.39, 0.29) is 53.6 Å². The molecule has 0 radical (unpaired) electrons. The van der Waals surface area contributed by atoms with Crippen molar-refractivity contribution in [3.8, 4) is 0 Å². The lowest BCUT2D eigenvalue weighted by Gasteiger charge is -2.40. The summed E-state index contributed by atoms with van der Waals surface area (Å²) in [5.74, 6) is -0.858. The van der Waals surface area contributed by atoms with E-state index in [4.69, 9.17) is 15.2 Å². The number of ketones is 1. The lowest BCUT2D eigenvalue weighted by atomic mass is 9.64. The molecule has 2 heterocycles. The molecule has 1 aromatic rings. The van der Waals surface area contributed by atoms with Crippen LogP contribution in [0.3, 0.4) is 0 Å². The molecule has 31 heavy (non-hydrogen) atoms. The highest BCUT2D eigenvalue weighted by atomic mass is 16.5. The standard InChI is InChI=1S/C24H28N2O5/c1-5-30-22(28)20-21(25)31-18-11-14(4)10-17(27)19(18)24(20)15-8-6-7-9-16(15)26(23(24)29)12-13(2)3/h6-9,13-14H,5,10-12,25H2,1-4H3. The molecule has 4 rings (SSSR count). The van der Waals surface area contributed by atoms with E-state index >= 15 is 0 Å². The average molecular weight is 424 g/mol. The van der Waals surface area contributed by atoms with Crippen LogP contribution >= 0.6 is 0 Å². The van der Waals surface area contributed by atoms with Gasteiger partial charge in [0.25, 0.3) is 0 Å². The summed E-state index contributed by atoms with van der Waals surface area (Å²) in [6, 6.07) is 7.28. The summed E-state index contributed by atoms with van der Waals surface area (Å²) < 4.78 is 11.1. The van der Waals surface area contributed by atoms with Crippen LogP contribution in [-0.2, 0) is 29.3 Å². The van der Waals surface area contributed by atoms with Crippen molar-refractivity contribution in [1.29, 1.82) is 0 Å². The maximum absolute atomic E-state index is 14.2. The number of esters is 1.